The number of carbonyl (C=O) groups is 1. The van der Waals surface area contributed by atoms with Crippen molar-refractivity contribution in [1.82, 2.24) is 5.43 Å². The number of benzene rings is 3. The molecular formula is C20H17IN2O4. The van der Waals surface area contributed by atoms with Gasteiger partial charge in [0.1, 0.15) is 5.75 Å². The van der Waals surface area contributed by atoms with Crippen molar-refractivity contribution in [2.75, 3.05) is 6.61 Å². The molecule has 0 aliphatic rings. The number of fused-ring (bicyclic) bond motifs is 1. The van der Waals surface area contributed by atoms with Crippen molar-refractivity contribution in [2.24, 2.45) is 5.10 Å². The second-order valence-corrected chi connectivity index (χ2v) is 6.86. The lowest BCUT2D eigenvalue weighted by Gasteiger charge is -2.08. The van der Waals surface area contributed by atoms with Gasteiger partial charge in [0.15, 0.2) is 11.5 Å². The molecule has 3 aromatic rings. The van der Waals surface area contributed by atoms with E-state index in [4.69, 9.17) is 4.74 Å². The Hall–Kier alpha value is -2.81. The Morgan fingerprint density at radius 1 is 1.19 bits per heavy atom. The molecule has 7 heteroatoms. The van der Waals surface area contributed by atoms with Crippen LogP contribution in [0, 0.1) is 3.57 Å². The van der Waals surface area contributed by atoms with Crippen LogP contribution in [0.4, 0.5) is 0 Å². The van der Waals surface area contributed by atoms with Gasteiger partial charge in [0.2, 0.25) is 0 Å². The summed E-state index contributed by atoms with van der Waals surface area (Å²) in [5.74, 6) is -0.212. The average molecular weight is 476 g/mol. The van der Waals surface area contributed by atoms with Crippen LogP contribution in [0.25, 0.3) is 10.8 Å². The van der Waals surface area contributed by atoms with E-state index < -0.39 is 5.91 Å². The summed E-state index contributed by atoms with van der Waals surface area (Å²) in [5, 5.41) is 25.7. The summed E-state index contributed by atoms with van der Waals surface area (Å²) in [7, 11) is 0. The molecule has 0 aliphatic heterocycles. The molecule has 0 spiro atoms. The van der Waals surface area contributed by atoms with Gasteiger partial charge in [-0.3, -0.25) is 4.79 Å². The summed E-state index contributed by atoms with van der Waals surface area (Å²) in [6, 6.07) is 13.9. The summed E-state index contributed by atoms with van der Waals surface area (Å²) < 4.78 is 5.98. The highest BCUT2D eigenvalue weighted by Gasteiger charge is 2.12. The van der Waals surface area contributed by atoms with Gasteiger partial charge in [-0.05, 0) is 70.1 Å². The van der Waals surface area contributed by atoms with Gasteiger partial charge in [-0.25, -0.2) is 5.43 Å². The quantitative estimate of drug-likeness (QED) is 0.295. The SMILES string of the molecule is CCOc1cc(/C=N/NC(=O)c2cc3ccccc3cc2O)cc(I)c1O. The van der Waals surface area contributed by atoms with Gasteiger partial charge < -0.3 is 14.9 Å². The van der Waals surface area contributed by atoms with Crippen LogP contribution in [-0.2, 0) is 0 Å². The molecule has 0 heterocycles. The molecule has 0 fully saturated rings. The lowest BCUT2D eigenvalue weighted by molar-refractivity contribution is 0.0952. The van der Waals surface area contributed by atoms with Crippen LogP contribution in [0.1, 0.15) is 22.8 Å². The molecule has 138 valence electrons. The molecule has 0 aromatic heterocycles. The van der Waals surface area contributed by atoms with Crippen LogP contribution in [0.3, 0.4) is 0 Å². The zero-order valence-corrected chi connectivity index (χ0v) is 16.6. The smallest absolute Gasteiger partial charge is 0.275 e. The average Bonchev–Trinajstić information content (AvgIpc) is 2.65. The van der Waals surface area contributed by atoms with Crippen molar-refractivity contribution in [3.63, 3.8) is 0 Å². The molecule has 3 aromatic carbocycles. The number of hydrazone groups is 1. The standard InChI is InChI=1S/C20H17IN2O4/c1-2-27-18-8-12(7-16(21)19(18)25)11-22-23-20(26)15-9-13-5-3-4-6-14(13)10-17(15)24/h3-11,24-25H,2H2,1H3,(H,23,26)/b22-11+. The Labute approximate surface area is 169 Å². The van der Waals surface area contributed by atoms with Crippen molar-refractivity contribution in [3.8, 4) is 17.2 Å². The Morgan fingerprint density at radius 2 is 1.89 bits per heavy atom. The molecule has 0 atom stereocenters. The van der Waals surface area contributed by atoms with Crippen LogP contribution in [0.2, 0.25) is 0 Å². The summed E-state index contributed by atoms with van der Waals surface area (Å²) in [5.41, 5.74) is 3.20. The number of carbonyl (C=O) groups excluding carboxylic acids is 1. The number of hydrogen-bond acceptors (Lipinski definition) is 5. The Balaban J connectivity index is 1.79. The third kappa shape index (κ3) is 4.30. The van der Waals surface area contributed by atoms with Crippen molar-refractivity contribution in [3.05, 3.63) is 63.2 Å². The summed E-state index contributed by atoms with van der Waals surface area (Å²) >= 11 is 1.99. The number of nitrogens with zero attached hydrogens (tertiary/aromatic N) is 1. The third-order valence-electron chi connectivity index (χ3n) is 3.84. The van der Waals surface area contributed by atoms with Crippen molar-refractivity contribution in [1.29, 1.82) is 0 Å². The van der Waals surface area contributed by atoms with Crippen molar-refractivity contribution >= 4 is 45.5 Å². The molecule has 27 heavy (non-hydrogen) atoms. The van der Waals surface area contributed by atoms with Crippen LogP contribution in [-0.4, -0.2) is 28.9 Å². The second-order valence-electron chi connectivity index (χ2n) is 5.70. The molecule has 0 saturated carbocycles. The molecule has 0 unspecified atom stereocenters. The monoisotopic (exact) mass is 476 g/mol. The third-order valence-corrected chi connectivity index (χ3v) is 4.66. The van der Waals surface area contributed by atoms with E-state index in [9.17, 15) is 15.0 Å². The van der Waals surface area contributed by atoms with E-state index in [2.05, 4.69) is 10.5 Å². The molecule has 3 rings (SSSR count). The van der Waals surface area contributed by atoms with Gasteiger partial charge in [-0.15, -0.1) is 0 Å². The molecule has 6 nitrogen and oxygen atoms in total. The van der Waals surface area contributed by atoms with E-state index in [1.54, 1.807) is 24.3 Å². The highest BCUT2D eigenvalue weighted by molar-refractivity contribution is 14.1. The fourth-order valence-corrected chi connectivity index (χ4v) is 3.20. The first-order valence-electron chi connectivity index (χ1n) is 8.20. The molecule has 1 amide bonds. The van der Waals surface area contributed by atoms with Crippen LogP contribution in [0.5, 0.6) is 17.2 Å². The van der Waals surface area contributed by atoms with Crippen molar-refractivity contribution in [2.45, 2.75) is 6.92 Å². The van der Waals surface area contributed by atoms with Crippen molar-refractivity contribution < 1.29 is 19.7 Å². The van der Waals surface area contributed by atoms with E-state index in [0.717, 1.165) is 10.8 Å². The molecular weight excluding hydrogens is 459 g/mol. The van der Waals surface area contributed by atoms with Gasteiger partial charge in [0.05, 0.1) is 22.0 Å². The number of halogens is 1. The lowest BCUT2D eigenvalue weighted by Crippen LogP contribution is -2.17. The maximum Gasteiger partial charge on any atom is 0.275 e. The molecule has 0 bridgehead atoms. The van der Waals surface area contributed by atoms with E-state index >= 15 is 0 Å². The highest BCUT2D eigenvalue weighted by atomic mass is 127. The van der Waals surface area contributed by atoms with Gasteiger partial charge in [0, 0.05) is 0 Å². The molecule has 0 radical (unpaired) electrons. The van der Waals surface area contributed by atoms with Gasteiger partial charge in [-0.1, -0.05) is 24.3 Å². The molecule has 0 aliphatic carbocycles. The zero-order valence-electron chi connectivity index (χ0n) is 14.4. The number of ether oxygens (including phenoxy) is 1. The number of phenolic OH excluding ortho intramolecular Hbond substituents is 2. The summed E-state index contributed by atoms with van der Waals surface area (Å²) in [6.07, 6.45) is 1.44. The minimum atomic E-state index is -0.520. The van der Waals surface area contributed by atoms with Crippen LogP contribution in [0.15, 0.2) is 53.6 Å². The predicted molar refractivity (Wildman–Crippen MR) is 113 cm³/mol. The maximum absolute atomic E-state index is 12.3. The highest BCUT2D eigenvalue weighted by Crippen LogP contribution is 2.32. The summed E-state index contributed by atoms with van der Waals surface area (Å²) in [6.45, 7) is 2.24. The second kappa shape index (κ2) is 8.26. The van der Waals surface area contributed by atoms with E-state index in [1.165, 1.54) is 6.21 Å². The van der Waals surface area contributed by atoms with Gasteiger partial charge in [-0.2, -0.15) is 5.10 Å². The first-order chi connectivity index (χ1) is 13.0. The Morgan fingerprint density at radius 3 is 2.59 bits per heavy atom. The maximum atomic E-state index is 12.3. The normalized spacial score (nSPS) is 11.0. The number of phenols is 2. The number of amides is 1. The van der Waals surface area contributed by atoms with Crippen LogP contribution < -0.4 is 10.2 Å². The number of aromatic hydroxyl groups is 2. The minimum absolute atomic E-state index is 0.0692. The van der Waals surface area contributed by atoms with E-state index in [0.29, 0.717) is 21.5 Å². The van der Waals surface area contributed by atoms with E-state index in [-0.39, 0.29) is 17.1 Å². The number of nitrogens with one attached hydrogen (secondary N) is 1. The minimum Gasteiger partial charge on any atom is -0.507 e. The predicted octanol–water partition coefficient (Wildman–Crippen LogP) is 4.02. The van der Waals surface area contributed by atoms with E-state index in [1.807, 2.05) is 53.8 Å². The zero-order chi connectivity index (χ0) is 19.4. The first-order valence-corrected chi connectivity index (χ1v) is 9.28. The number of rotatable bonds is 5. The Kier molecular flexibility index (Phi) is 5.80. The first kappa shape index (κ1) is 19.0. The summed E-state index contributed by atoms with van der Waals surface area (Å²) in [4.78, 5) is 12.3. The molecule has 0 saturated heterocycles. The van der Waals surface area contributed by atoms with Crippen LogP contribution >= 0.6 is 22.6 Å². The van der Waals surface area contributed by atoms with Gasteiger partial charge in [0.25, 0.3) is 5.91 Å². The van der Waals surface area contributed by atoms with Gasteiger partial charge >= 0.3 is 0 Å². The molecule has 3 N–H and O–H groups in total. The lowest BCUT2D eigenvalue weighted by atomic mass is 10.1. The Bertz CT molecular complexity index is 1030. The largest absolute Gasteiger partial charge is 0.507 e. The fraction of sp³-hybridized carbons (Fsp3) is 0.100. The fourth-order valence-electron chi connectivity index (χ4n) is 2.57. The number of hydrogen-bond donors (Lipinski definition) is 3. The topological polar surface area (TPSA) is 91.2 Å².